The van der Waals surface area contributed by atoms with Gasteiger partial charge in [0.05, 0.1) is 16.5 Å². The van der Waals surface area contributed by atoms with Crippen LogP contribution < -0.4 is 5.32 Å². The van der Waals surface area contributed by atoms with E-state index in [-0.39, 0.29) is 17.6 Å². The van der Waals surface area contributed by atoms with Crippen LogP contribution in [0.25, 0.3) is 0 Å². The number of hydrogen-bond acceptors (Lipinski definition) is 5. The third kappa shape index (κ3) is 3.98. The van der Waals surface area contributed by atoms with Gasteiger partial charge in [-0.3, -0.25) is 4.79 Å². The van der Waals surface area contributed by atoms with Crippen molar-refractivity contribution in [2.45, 2.75) is 25.0 Å². The van der Waals surface area contributed by atoms with Gasteiger partial charge in [-0.05, 0) is 12.1 Å². The lowest BCUT2D eigenvalue weighted by atomic mass is 10.2. The second kappa shape index (κ2) is 6.76. The molecule has 0 aliphatic heterocycles. The van der Waals surface area contributed by atoms with Gasteiger partial charge in [-0.15, -0.1) is 10.2 Å². The van der Waals surface area contributed by atoms with Gasteiger partial charge in [0, 0.05) is 5.92 Å². The van der Waals surface area contributed by atoms with Gasteiger partial charge in [0.15, 0.2) is 0 Å². The zero-order valence-electron chi connectivity index (χ0n) is 11.1. The molecule has 5 nitrogen and oxygen atoms in total. The van der Waals surface area contributed by atoms with E-state index in [1.54, 1.807) is 18.2 Å². The molecule has 1 heterocycles. The quantitative estimate of drug-likeness (QED) is 0.855. The molecule has 0 aliphatic carbocycles. The molecule has 20 heavy (non-hydrogen) atoms. The Hall–Kier alpha value is -1.53. The van der Waals surface area contributed by atoms with Crippen molar-refractivity contribution in [3.05, 3.63) is 35.2 Å². The van der Waals surface area contributed by atoms with Crippen LogP contribution in [0.2, 0.25) is 5.02 Å². The Bertz CT molecular complexity index is 601. The zero-order valence-corrected chi connectivity index (χ0v) is 12.7. The first kappa shape index (κ1) is 14.9. The number of anilines is 1. The molecule has 0 bridgehead atoms. The Morgan fingerprint density at radius 2 is 2.15 bits per heavy atom. The molecular formula is C13H14ClN3O2S. The molecule has 1 aromatic carbocycles. The highest BCUT2D eigenvalue weighted by Crippen LogP contribution is 2.22. The Labute approximate surface area is 126 Å². The zero-order chi connectivity index (χ0) is 14.5. The van der Waals surface area contributed by atoms with Gasteiger partial charge >= 0.3 is 0 Å². The number of carbonyl (C=O) groups is 1. The fourth-order valence-corrected chi connectivity index (χ4v) is 2.14. The number of aromatic nitrogens is 2. The van der Waals surface area contributed by atoms with Crippen molar-refractivity contribution in [3.8, 4) is 0 Å². The molecule has 1 aromatic heterocycles. The predicted molar refractivity (Wildman–Crippen MR) is 79.2 cm³/mol. The number of rotatable bonds is 5. The molecule has 1 N–H and O–H groups in total. The molecule has 0 atom stereocenters. The smallest absolute Gasteiger partial charge is 0.277 e. The average Bonchev–Trinajstić information content (AvgIpc) is 2.88. The number of nitrogens with one attached hydrogen (secondary N) is 1. The lowest BCUT2D eigenvalue weighted by Gasteiger charge is -2.05. The number of nitrogens with zero attached hydrogens (tertiary/aromatic N) is 2. The maximum absolute atomic E-state index is 11.8. The van der Waals surface area contributed by atoms with Crippen molar-refractivity contribution in [2.24, 2.45) is 0 Å². The van der Waals surface area contributed by atoms with Gasteiger partial charge in [0.25, 0.3) is 5.22 Å². The minimum atomic E-state index is -0.174. The van der Waals surface area contributed by atoms with Gasteiger partial charge in [-0.25, -0.2) is 0 Å². The van der Waals surface area contributed by atoms with Crippen molar-refractivity contribution in [1.82, 2.24) is 10.2 Å². The third-order valence-corrected chi connectivity index (χ3v) is 3.54. The first-order chi connectivity index (χ1) is 9.56. The van der Waals surface area contributed by atoms with Crippen molar-refractivity contribution in [1.29, 1.82) is 0 Å². The van der Waals surface area contributed by atoms with E-state index in [1.807, 2.05) is 19.9 Å². The minimum absolute atomic E-state index is 0.174. The van der Waals surface area contributed by atoms with E-state index >= 15 is 0 Å². The van der Waals surface area contributed by atoms with Gasteiger partial charge in [-0.2, -0.15) is 0 Å². The summed E-state index contributed by atoms with van der Waals surface area (Å²) in [4.78, 5) is 11.8. The standard InChI is InChI=1S/C13H14ClN3O2S/c1-8(2)12-16-17-13(19-12)20-7-11(18)15-10-6-4-3-5-9(10)14/h3-6,8H,7H2,1-2H3,(H,15,18). The normalized spacial score (nSPS) is 10.8. The number of amides is 1. The van der Waals surface area contributed by atoms with Crippen LogP contribution in [0.15, 0.2) is 33.9 Å². The summed E-state index contributed by atoms with van der Waals surface area (Å²) in [6.45, 7) is 3.93. The summed E-state index contributed by atoms with van der Waals surface area (Å²) in [6, 6.07) is 7.08. The maximum Gasteiger partial charge on any atom is 0.277 e. The fourth-order valence-electron chi connectivity index (χ4n) is 1.39. The molecule has 2 aromatic rings. The summed E-state index contributed by atoms with van der Waals surface area (Å²) in [5.41, 5.74) is 0.591. The fraction of sp³-hybridized carbons (Fsp3) is 0.308. The number of para-hydroxylation sites is 1. The second-order valence-electron chi connectivity index (χ2n) is 4.38. The van der Waals surface area contributed by atoms with Crippen LogP contribution in [-0.4, -0.2) is 21.9 Å². The molecule has 0 spiro atoms. The van der Waals surface area contributed by atoms with E-state index in [9.17, 15) is 4.79 Å². The molecule has 0 aliphatic rings. The van der Waals surface area contributed by atoms with Gasteiger partial charge in [0.1, 0.15) is 0 Å². The van der Waals surface area contributed by atoms with Crippen molar-refractivity contribution in [2.75, 3.05) is 11.1 Å². The number of halogens is 1. The largest absolute Gasteiger partial charge is 0.416 e. The molecule has 0 saturated carbocycles. The molecule has 1 amide bonds. The third-order valence-electron chi connectivity index (χ3n) is 2.39. The van der Waals surface area contributed by atoms with Crippen LogP contribution in [0.4, 0.5) is 5.69 Å². The summed E-state index contributed by atoms with van der Waals surface area (Å²) in [7, 11) is 0. The summed E-state index contributed by atoms with van der Waals surface area (Å²) in [5, 5.41) is 11.4. The molecule has 0 radical (unpaired) electrons. The molecule has 7 heteroatoms. The highest BCUT2D eigenvalue weighted by atomic mass is 35.5. The molecular weight excluding hydrogens is 298 g/mol. The first-order valence-electron chi connectivity index (χ1n) is 6.07. The number of hydrogen-bond donors (Lipinski definition) is 1. The Kier molecular flexibility index (Phi) is 5.03. The summed E-state index contributed by atoms with van der Waals surface area (Å²) < 4.78 is 5.40. The first-order valence-corrected chi connectivity index (χ1v) is 7.43. The number of benzene rings is 1. The Balaban J connectivity index is 1.87. The van der Waals surface area contributed by atoms with E-state index in [1.165, 1.54) is 11.8 Å². The topological polar surface area (TPSA) is 68.0 Å². The van der Waals surface area contributed by atoms with Gasteiger partial charge in [0.2, 0.25) is 11.8 Å². The maximum atomic E-state index is 11.8. The molecule has 2 rings (SSSR count). The SMILES string of the molecule is CC(C)c1nnc(SCC(=O)Nc2ccccc2Cl)o1. The van der Waals surface area contributed by atoms with Crippen LogP contribution >= 0.6 is 23.4 Å². The van der Waals surface area contributed by atoms with E-state index in [4.69, 9.17) is 16.0 Å². The molecule has 0 saturated heterocycles. The van der Waals surface area contributed by atoms with E-state index in [0.717, 1.165) is 0 Å². The summed E-state index contributed by atoms with van der Waals surface area (Å²) >= 11 is 7.16. The van der Waals surface area contributed by atoms with Crippen LogP contribution in [0, 0.1) is 0 Å². The molecule has 106 valence electrons. The van der Waals surface area contributed by atoms with Crippen LogP contribution in [0.3, 0.4) is 0 Å². The Morgan fingerprint density at radius 3 is 2.80 bits per heavy atom. The van der Waals surface area contributed by atoms with Crippen molar-refractivity contribution < 1.29 is 9.21 Å². The summed E-state index contributed by atoms with van der Waals surface area (Å²) in [5.74, 6) is 0.755. The van der Waals surface area contributed by atoms with Crippen molar-refractivity contribution in [3.63, 3.8) is 0 Å². The summed E-state index contributed by atoms with van der Waals surface area (Å²) in [6.07, 6.45) is 0. The van der Waals surface area contributed by atoms with Crippen molar-refractivity contribution >= 4 is 35.0 Å². The van der Waals surface area contributed by atoms with Gasteiger partial charge in [-0.1, -0.05) is 49.3 Å². The van der Waals surface area contributed by atoms with Gasteiger partial charge < -0.3 is 9.73 Å². The van der Waals surface area contributed by atoms with Crippen LogP contribution in [0.1, 0.15) is 25.7 Å². The molecule has 0 unspecified atom stereocenters. The predicted octanol–water partition coefficient (Wildman–Crippen LogP) is 3.58. The average molecular weight is 312 g/mol. The number of carbonyl (C=O) groups excluding carboxylic acids is 1. The van der Waals surface area contributed by atoms with E-state index in [2.05, 4.69) is 15.5 Å². The van der Waals surface area contributed by atoms with E-state index in [0.29, 0.717) is 21.8 Å². The highest BCUT2D eigenvalue weighted by Gasteiger charge is 2.12. The number of thioether (sulfide) groups is 1. The Morgan fingerprint density at radius 1 is 1.40 bits per heavy atom. The lowest BCUT2D eigenvalue weighted by Crippen LogP contribution is -2.14. The van der Waals surface area contributed by atoms with E-state index < -0.39 is 0 Å². The minimum Gasteiger partial charge on any atom is -0.416 e. The highest BCUT2D eigenvalue weighted by molar-refractivity contribution is 7.99. The van der Waals surface area contributed by atoms with Crippen LogP contribution in [-0.2, 0) is 4.79 Å². The molecule has 0 fully saturated rings. The van der Waals surface area contributed by atoms with Crippen LogP contribution in [0.5, 0.6) is 0 Å². The second-order valence-corrected chi connectivity index (χ2v) is 5.71. The monoisotopic (exact) mass is 311 g/mol. The lowest BCUT2D eigenvalue weighted by molar-refractivity contribution is -0.113.